The number of H-pyrrole nitrogens is 1. The number of alkyl halides is 3. The first-order valence-electron chi connectivity index (χ1n) is 11.8. The van der Waals surface area contributed by atoms with Crippen LogP contribution in [0.1, 0.15) is 35.3 Å². The molecule has 3 aromatic rings. The Hall–Kier alpha value is -3.54. The molecule has 1 amide bonds. The van der Waals surface area contributed by atoms with E-state index in [1.54, 1.807) is 17.0 Å². The molecule has 9 nitrogen and oxygen atoms in total. The molecule has 0 bridgehead atoms. The van der Waals surface area contributed by atoms with Crippen molar-refractivity contribution in [1.82, 2.24) is 19.9 Å². The Bertz CT molecular complexity index is 1280. The Kier molecular flexibility index (Phi) is 6.37. The minimum atomic E-state index is -4.55. The van der Waals surface area contributed by atoms with Crippen molar-refractivity contribution < 1.29 is 27.4 Å². The summed E-state index contributed by atoms with van der Waals surface area (Å²) in [5.74, 6) is 0.830. The Balaban J connectivity index is 1.49. The molecule has 0 atom stereocenters. The van der Waals surface area contributed by atoms with E-state index in [-0.39, 0.29) is 34.6 Å². The van der Waals surface area contributed by atoms with Crippen LogP contribution in [-0.2, 0) is 17.3 Å². The van der Waals surface area contributed by atoms with Crippen molar-refractivity contribution in [2.45, 2.75) is 26.4 Å². The molecular formula is C24H27F3N6O3. The second kappa shape index (κ2) is 9.49. The van der Waals surface area contributed by atoms with Crippen LogP contribution in [-0.4, -0.2) is 65.2 Å². The summed E-state index contributed by atoms with van der Waals surface area (Å²) in [6, 6.07) is 3.45. The highest BCUT2D eigenvalue weighted by Crippen LogP contribution is 2.40. The molecule has 0 saturated carbocycles. The van der Waals surface area contributed by atoms with Gasteiger partial charge < -0.3 is 30.0 Å². The number of rotatable bonds is 6. The molecular weight excluding hydrogens is 477 g/mol. The number of morpholine rings is 1. The number of nitrogens with zero attached hydrogens (tertiary/aromatic N) is 3. The van der Waals surface area contributed by atoms with Crippen molar-refractivity contribution in [2.75, 3.05) is 50.1 Å². The van der Waals surface area contributed by atoms with E-state index in [1.165, 1.54) is 0 Å². The summed E-state index contributed by atoms with van der Waals surface area (Å²) in [5, 5.41) is 6.00. The van der Waals surface area contributed by atoms with Gasteiger partial charge in [-0.2, -0.15) is 23.1 Å². The van der Waals surface area contributed by atoms with E-state index in [4.69, 9.17) is 9.47 Å². The number of amides is 1. The number of carbonyl (C=O) groups is 1. The van der Waals surface area contributed by atoms with Gasteiger partial charge in [-0.3, -0.25) is 4.79 Å². The van der Waals surface area contributed by atoms with Crippen LogP contribution in [0.2, 0.25) is 0 Å². The van der Waals surface area contributed by atoms with Crippen LogP contribution < -0.4 is 15.4 Å². The largest absolute Gasteiger partial charge is 0.491 e. The van der Waals surface area contributed by atoms with Crippen LogP contribution in [0.3, 0.4) is 0 Å². The molecule has 0 radical (unpaired) electrons. The third kappa shape index (κ3) is 4.64. The van der Waals surface area contributed by atoms with Crippen molar-refractivity contribution in [3.05, 3.63) is 35.0 Å². The maximum absolute atomic E-state index is 13.6. The fourth-order valence-electron chi connectivity index (χ4n) is 4.39. The van der Waals surface area contributed by atoms with Gasteiger partial charge in [0.15, 0.2) is 0 Å². The zero-order chi connectivity index (χ0) is 25.4. The number of fused-ring (bicyclic) bond motifs is 2. The zero-order valence-corrected chi connectivity index (χ0v) is 20.0. The van der Waals surface area contributed by atoms with Crippen LogP contribution in [0, 0.1) is 5.92 Å². The standard InChI is InChI=1S/C24H27F3N6O3/c1-13(2)11-28-20-18-16(24(25,26)27)12-29-21(18)32-23(31-20)30-17-4-3-15(14-5-8-36-19(14)17)22(34)33-6-9-35-10-7-33/h3-4,12-13H,5-11H2,1-2H3,(H3,28,29,30,31,32). The quantitative estimate of drug-likeness (QED) is 0.462. The molecule has 1 aromatic carbocycles. The van der Waals surface area contributed by atoms with Crippen LogP contribution in [0.25, 0.3) is 11.0 Å². The van der Waals surface area contributed by atoms with Gasteiger partial charge in [-0.1, -0.05) is 13.8 Å². The molecule has 0 unspecified atom stereocenters. The minimum absolute atomic E-state index is 0.0581. The number of nitrogens with one attached hydrogen (secondary N) is 3. The van der Waals surface area contributed by atoms with Crippen molar-refractivity contribution in [2.24, 2.45) is 5.92 Å². The molecule has 2 aromatic heterocycles. The van der Waals surface area contributed by atoms with Crippen molar-refractivity contribution in [1.29, 1.82) is 0 Å². The lowest BCUT2D eigenvalue weighted by molar-refractivity contribution is -0.136. The van der Waals surface area contributed by atoms with Gasteiger partial charge >= 0.3 is 6.18 Å². The smallest absolute Gasteiger partial charge is 0.418 e. The average molecular weight is 505 g/mol. The minimum Gasteiger partial charge on any atom is -0.491 e. The lowest BCUT2D eigenvalue weighted by Crippen LogP contribution is -2.41. The van der Waals surface area contributed by atoms with Gasteiger partial charge in [0.2, 0.25) is 5.95 Å². The van der Waals surface area contributed by atoms with E-state index >= 15 is 0 Å². The molecule has 1 fully saturated rings. The highest BCUT2D eigenvalue weighted by molar-refractivity contribution is 5.98. The summed E-state index contributed by atoms with van der Waals surface area (Å²) in [7, 11) is 0. The van der Waals surface area contributed by atoms with E-state index in [0.717, 1.165) is 11.8 Å². The summed E-state index contributed by atoms with van der Waals surface area (Å²) in [6.07, 6.45) is -3.08. The number of aromatic amines is 1. The maximum atomic E-state index is 13.6. The number of aromatic nitrogens is 3. The van der Waals surface area contributed by atoms with Crippen LogP contribution >= 0.6 is 0 Å². The Morgan fingerprint density at radius 3 is 2.69 bits per heavy atom. The van der Waals surface area contributed by atoms with Gasteiger partial charge in [-0.05, 0) is 18.1 Å². The number of hydrogen-bond acceptors (Lipinski definition) is 7. The summed E-state index contributed by atoms with van der Waals surface area (Å²) in [4.78, 5) is 26.1. The molecule has 3 N–H and O–H groups in total. The lowest BCUT2D eigenvalue weighted by Gasteiger charge is -2.27. The third-order valence-corrected chi connectivity index (χ3v) is 6.15. The first kappa shape index (κ1) is 24.2. The molecule has 5 rings (SSSR count). The van der Waals surface area contributed by atoms with E-state index in [1.807, 2.05) is 13.8 Å². The molecule has 12 heteroatoms. The monoisotopic (exact) mass is 504 g/mol. The zero-order valence-electron chi connectivity index (χ0n) is 20.0. The highest BCUT2D eigenvalue weighted by Gasteiger charge is 2.36. The van der Waals surface area contributed by atoms with E-state index < -0.39 is 11.7 Å². The lowest BCUT2D eigenvalue weighted by atomic mass is 10.0. The molecule has 1 saturated heterocycles. The maximum Gasteiger partial charge on any atom is 0.418 e. The van der Waals surface area contributed by atoms with E-state index in [2.05, 4.69) is 25.6 Å². The Morgan fingerprint density at radius 2 is 1.97 bits per heavy atom. The normalized spacial score (nSPS) is 15.8. The summed E-state index contributed by atoms with van der Waals surface area (Å²) in [5.41, 5.74) is 1.13. The SMILES string of the molecule is CC(C)CNc1nc(Nc2ccc(C(=O)N3CCOCC3)c3c2OCC3)nc2[nH]cc(C(F)(F)F)c12. The fourth-order valence-corrected chi connectivity index (χ4v) is 4.39. The number of hydrogen-bond donors (Lipinski definition) is 3. The average Bonchev–Trinajstić information content (AvgIpc) is 3.51. The summed E-state index contributed by atoms with van der Waals surface area (Å²) in [6.45, 7) is 6.83. The first-order valence-corrected chi connectivity index (χ1v) is 11.8. The second-order valence-electron chi connectivity index (χ2n) is 9.19. The number of benzene rings is 1. The van der Waals surface area contributed by atoms with Gasteiger partial charge in [-0.15, -0.1) is 0 Å². The molecule has 2 aliphatic heterocycles. The topological polar surface area (TPSA) is 104 Å². The second-order valence-corrected chi connectivity index (χ2v) is 9.19. The van der Waals surface area contributed by atoms with Gasteiger partial charge in [0.1, 0.15) is 17.2 Å². The number of halogens is 3. The third-order valence-electron chi connectivity index (χ3n) is 6.15. The van der Waals surface area contributed by atoms with Crippen molar-refractivity contribution in [3.63, 3.8) is 0 Å². The van der Waals surface area contributed by atoms with E-state index in [0.29, 0.717) is 62.9 Å². The molecule has 36 heavy (non-hydrogen) atoms. The van der Waals surface area contributed by atoms with Gasteiger partial charge in [-0.25, -0.2) is 0 Å². The number of ether oxygens (including phenoxy) is 2. The van der Waals surface area contributed by atoms with Gasteiger partial charge in [0, 0.05) is 43.4 Å². The molecule has 4 heterocycles. The fraction of sp³-hybridized carbons (Fsp3) is 0.458. The number of anilines is 3. The van der Waals surface area contributed by atoms with Crippen molar-refractivity contribution in [3.8, 4) is 5.75 Å². The number of carbonyl (C=O) groups excluding carboxylic acids is 1. The first-order chi connectivity index (χ1) is 17.2. The van der Waals surface area contributed by atoms with Gasteiger partial charge in [0.05, 0.1) is 36.5 Å². The van der Waals surface area contributed by atoms with Crippen LogP contribution in [0.15, 0.2) is 18.3 Å². The Morgan fingerprint density at radius 1 is 1.19 bits per heavy atom. The van der Waals surface area contributed by atoms with Gasteiger partial charge in [0.25, 0.3) is 5.91 Å². The predicted octanol–water partition coefficient (Wildman–Crippen LogP) is 4.20. The predicted molar refractivity (Wildman–Crippen MR) is 128 cm³/mol. The Labute approximate surface area is 205 Å². The summed E-state index contributed by atoms with van der Waals surface area (Å²) >= 11 is 0. The van der Waals surface area contributed by atoms with Crippen LogP contribution in [0.5, 0.6) is 5.75 Å². The molecule has 0 aliphatic carbocycles. The van der Waals surface area contributed by atoms with Crippen molar-refractivity contribution >= 4 is 34.4 Å². The van der Waals surface area contributed by atoms with Crippen LogP contribution in [0.4, 0.5) is 30.6 Å². The van der Waals surface area contributed by atoms with E-state index in [9.17, 15) is 18.0 Å². The summed E-state index contributed by atoms with van der Waals surface area (Å²) < 4.78 is 52.0. The molecule has 192 valence electrons. The molecule has 2 aliphatic rings. The molecule has 0 spiro atoms. The highest BCUT2D eigenvalue weighted by atomic mass is 19.4.